The third-order valence-corrected chi connectivity index (χ3v) is 3.33. The molecule has 2 aromatic heterocycles. The van der Waals surface area contributed by atoms with E-state index in [9.17, 15) is 0 Å². The fourth-order valence-electron chi connectivity index (χ4n) is 1.51. The van der Waals surface area contributed by atoms with Gasteiger partial charge in [-0.2, -0.15) is 5.10 Å². The summed E-state index contributed by atoms with van der Waals surface area (Å²) in [6.07, 6.45) is 2.92. The quantitative estimate of drug-likeness (QED) is 0.771. The van der Waals surface area contributed by atoms with Gasteiger partial charge in [0, 0.05) is 43.3 Å². The van der Waals surface area contributed by atoms with E-state index in [1.54, 1.807) is 11.3 Å². The number of hydrogen-bond acceptors (Lipinski definition) is 4. The van der Waals surface area contributed by atoms with E-state index < -0.39 is 0 Å². The molecule has 86 valence electrons. The molecule has 0 saturated heterocycles. The Morgan fingerprint density at radius 2 is 2.38 bits per heavy atom. The Labute approximate surface area is 99.1 Å². The monoisotopic (exact) mass is 236 g/mol. The number of aromatic nitrogens is 2. The van der Waals surface area contributed by atoms with Crippen LogP contribution >= 0.6 is 11.3 Å². The molecule has 0 unspecified atom stereocenters. The van der Waals surface area contributed by atoms with E-state index >= 15 is 0 Å². The average Bonchev–Trinajstić information content (AvgIpc) is 2.83. The van der Waals surface area contributed by atoms with Crippen molar-refractivity contribution >= 4 is 17.0 Å². The van der Waals surface area contributed by atoms with Crippen LogP contribution in [-0.2, 0) is 20.0 Å². The lowest BCUT2D eigenvalue weighted by molar-refractivity contribution is 0.670. The first kappa shape index (κ1) is 11.2. The molecule has 3 N–H and O–H groups in total. The Balaban J connectivity index is 1.71. The highest BCUT2D eigenvalue weighted by Crippen LogP contribution is 2.17. The molecular formula is C11H16N4S. The second-order valence-electron chi connectivity index (χ2n) is 3.71. The Bertz CT molecular complexity index is 446. The molecule has 0 spiro atoms. The van der Waals surface area contributed by atoms with Crippen LogP contribution in [-0.4, -0.2) is 16.3 Å². The highest BCUT2D eigenvalue weighted by atomic mass is 32.1. The minimum absolute atomic E-state index is 0.844. The van der Waals surface area contributed by atoms with Crippen LogP contribution in [0.3, 0.4) is 0 Å². The summed E-state index contributed by atoms with van der Waals surface area (Å²) in [6.45, 7) is 1.77. The molecule has 16 heavy (non-hydrogen) atoms. The lowest BCUT2D eigenvalue weighted by Crippen LogP contribution is -2.16. The summed E-state index contributed by atoms with van der Waals surface area (Å²) in [5, 5.41) is 9.70. The van der Waals surface area contributed by atoms with Gasteiger partial charge < -0.3 is 11.1 Å². The molecule has 5 heteroatoms. The number of rotatable bonds is 5. The minimum Gasteiger partial charge on any atom is -0.398 e. The van der Waals surface area contributed by atoms with Crippen molar-refractivity contribution in [2.75, 3.05) is 12.3 Å². The van der Waals surface area contributed by atoms with E-state index in [-0.39, 0.29) is 0 Å². The summed E-state index contributed by atoms with van der Waals surface area (Å²) >= 11 is 1.69. The number of nitrogen functional groups attached to an aromatic ring is 1. The second kappa shape index (κ2) is 5.14. The second-order valence-corrected chi connectivity index (χ2v) is 4.71. The molecule has 0 aliphatic carbocycles. The highest BCUT2D eigenvalue weighted by Gasteiger charge is 2.00. The Morgan fingerprint density at radius 1 is 1.50 bits per heavy atom. The molecular weight excluding hydrogens is 220 g/mol. The first-order valence-corrected chi connectivity index (χ1v) is 6.15. The Kier molecular flexibility index (Phi) is 3.58. The summed E-state index contributed by atoms with van der Waals surface area (Å²) < 4.78 is 1.83. The Morgan fingerprint density at radius 3 is 3.00 bits per heavy atom. The van der Waals surface area contributed by atoms with Gasteiger partial charge in [0.2, 0.25) is 0 Å². The fourth-order valence-corrected chi connectivity index (χ4v) is 2.28. The molecule has 0 amide bonds. The molecule has 4 nitrogen and oxygen atoms in total. The van der Waals surface area contributed by atoms with Gasteiger partial charge in [0.05, 0.1) is 5.69 Å². The van der Waals surface area contributed by atoms with Crippen molar-refractivity contribution in [3.8, 4) is 0 Å². The van der Waals surface area contributed by atoms with Crippen LogP contribution in [0, 0.1) is 0 Å². The minimum atomic E-state index is 0.844. The number of thiophene rings is 1. The molecule has 0 bridgehead atoms. The van der Waals surface area contributed by atoms with Crippen molar-refractivity contribution < 1.29 is 0 Å². The summed E-state index contributed by atoms with van der Waals surface area (Å²) in [5.41, 5.74) is 7.80. The topological polar surface area (TPSA) is 55.9 Å². The molecule has 0 saturated carbocycles. The third kappa shape index (κ3) is 2.84. The zero-order chi connectivity index (χ0) is 11.4. The third-order valence-electron chi connectivity index (χ3n) is 2.39. The molecule has 2 aromatic rings. The van der Waals surface area contributed by atoms with Crippen LogP contribution in [0.1, 0.15) is 10.6 Å². The van der Waals surface area contributed by atoms with Gasteiger partial charge in [0.25, 0.3) is 0 Å². The van der Waals surface area contributed by atoms with Crippen LogP contribution in [0.15, 0.2) is 23.7 Å². The van der Waals surface area contributed by atoms with Crippen LogP contribution in [0.5, 0.6) is 0 Å². The van der Waals surface area contributed by atoms with E-state index in [0.717, 1.165) is 30.9 Å². The smallest absolute Gasteiger partial charge is 0.0637 e. The number of nitrogens with one attached hydrogen (secondary N) is 1. The first-order chi connectivity index (χ1) is 7.75. The normalized spacial score (nSPS) is 10.8. The number of hydrogen-bond donors (Lipinski definition) is 2. The summed E-state index contributed by atoms with van der Waals surface area (Å²) in [4.78, 5) is 1.21. The van der Waals surface area contributed by atoms with Gasteiger partial charge >= 0.3 is 0 Å². The van der Waals surface area contributed by atoms with Crippen molar-refractivity contribution in [1.29, 1.82) is 0 Å². The number of anilines is 1. The van der Waals surface area contributed by atoms with Gasteiger partial charge in [0.1, 0.15) is 0 Å². The lowest BCUT2D eigenvalue weighted by Gasteiger charge is -2.02. The van der Waals surface area contributed by atoms with Gasteiger partial charge in [-0.3, -0.25) is 4.68 Å². The molecule has 0 radical (unpaired) electrons. The maximum absolute atomic E-state index is 5.79. The van der Waals surface area contributed by atoms with Crippen molar-refractivity contribution in [2.24, 2.45) is 7.05 Å². The fraction of sp³-hybridized carbons (Fsp3) is 0.364. The van der Waals surface area contributed by atoms with Crippen molar-refractivity contribution in [3.63, 3.8) is 0 Å². The molecule has 0 aliphatic heterocycles. The predicted octanol–water partition coefficient (Wildman–Crippen LogP) is 1.40. The highest BCUT2D eigenvalue weighted by molar-refractivity contribution is 7.10. The lowest BCUT2D eigenvalue weighted by atomic mass is 10.3. The summed E-state index contributed by atoms with van der Waals surface area (Å²) in [7, 11) is 1.93. The number of aryl methyl sites for hydroxylation is 1. The van der Waals surface area contributed by atoms with Gasteiger partial charge in [-0.25, -0.2) is 0 Å². The average molecular weight is 236 g/mol. The van der Waals surface area contributed by atoms with Crippen molar-refractivity contribution in [3.05, 3.63) is 34.3 Å². The molecule has 0 aliphatic rings. The van der Waals surface area contributed by atoms with Gasteiger partial charge in [-0.15, -0.1) is 11.3 Å². The van der Waals surface area contributed by atoms with Crippen LogP contribution in [0.2, 0.25) is 0 Å². The zero-order valence-corrected chi connectivity index (χ0v) is 10.1. The Hall–Kier alpha value is -1.33. The van der Waals surface area contributed by atoms with Gasteiger partial charge in [0.15, 0.2) is 0 Å². The van der Waals surface area contributed by atoms with Crippen molar-refractivity contribution in [1.82, 2.24) is 15.1 Å². The molecule has 0 fully saturated rings. The van der Waals surface area contributed by atoms with Crippen molar-refractivity contribution in [2.45, 2.75) is 13.0 Å². The maximum Gasteiger partial charge on any atom is 0.0637 e. The zero-order valence-electron chi connectivity index (χ0n) is 9.31. The first-order valence-electron chi connectivity index (χ1n) is 5.27. The number of nitrogens with zero attached hydrogens (tertiary/aromatic N) is 2. The van der Waals surface area contributed by atoms with Crippen LogP contribution in [0.25, 0.3) is 0 Å². The number of nitrogens with two attached hydrogens (primary N) is 1. The van der Waals surface area contributed by atoms with Gasteiger partial charge in [-0.05, 0) is 17.5 Å². The van der Waals surface area contributed by atoms with Gasteiger partial charge in [-0.1, -0.05) is 0 Å². The van der Waals surface area contributed by atoms with E-state index in [1.807, 2.05) is 35.4 Å². The largest absolute Gasteiger partial charge is 0.398 e. The molecule has 2 rings (SSSR count). The summed E-state index contributed by atoms with van der Waals surface area (Å²) in [5.74, 6) is 0. The van der Waals surface area contributed by atoms with Crippen LogP contribution < -0.4 is 11.1 Å². The standard InChI is InChI=1S/C11H16N4S/c1-15-6-3-9(14-15)2-5-13-8-11-10(12)4-7-16-11/h3-4,6-7,13H,2,5,8,12H2,1H3. The summed E-state index contributed by atoms with van der Waals surface area (Å²) in [6, 6.07) is 3.99. The predicted molar refractivity (Wildman–Crippen MR) is 67.4 cm³/mol. The van der Waals surface area contributed by atoms with E-state index in [2.05, 4.69) is 10.4 Å². The molecule has 0 aromatic carbocycles. The van der Waals surface area contributed by atoms with E-state index in [0.29, 0.717) is 0 Å². The SMILES string of the molecule is Cn1ccc(CCNCc2sccc2N)n1. The van der Waals surface area contributed by atoms with Crippen LogP contribution in [0.4, 0.5) is 5.69 Å². The maximum atomic E-state index is 5.79. The molecule has 0 atom stereocenters. The van der Waals surface area contributed by atoms with E-state index in [1.165, 1.54) is 4.88 Å². The van der Waals surface area contributed by atoms with E-state index in [4.69, 9.17) is 5.73 Å². The molecule has 2 heterocycles.